The minimum atomic E-state index is -0.319. The summed E-state index contributed by atoms with van der Waals surface area (Å²) in [6, 6.07) is 17.2. The normalized spacial score (nSPS) is 19.0. The Bertz CT molecular complexity index is 1490. The van der Waals surface area contributed by atoms with Crippen LogP contribution in [-0.4, -0.2) is 35.6 Å². The fourth-order valence-corrected chi connectivity index (χ4v) is 5.95. The van der Waals surface area contributed by atoms with Crippen molar-refractivity contribution >= 4 is 50.6 Å². The molecule has 2 atom stereocenters. The van der Waals surface area contributed by atoms with Gasteiger partial charge in [0.1, 0.15) is 21.2 Å². The number of nitrogens with zero attached hydrogens (tertiary/aromatic N) is 2. The summed E-state index contributed by atoms with van der Waals surface area (Å²) in [4.78, 5) is 34.0. The van der Waals surface area contributed by atoms with Crippen LogP contribution in [0.1, 0.15) is 35.0 Å². The molecule has 6 rings (SSSR count). The van der Waals surface area contributed by atoms with Crippen LogP contribution in [0.25, 0.3) is 10.2 Å². The van der Waals surface area contributed by atoms with Gasteiger partial charge in [0, 0.05) is 24.8 Å². The number of amides is 3. The number of nitrogens with one attached hydrogen (secondary N) is 3. The summed E-state index contributed by atoms with van der Waals surface area (Å²) >= 11 is 1.30. The highest BCUT2D eigenvalue weighted by Gasteiger charge is 2.34. The molecule has 1 unspecified atom stereocenters. The molecule has 4 heterocycles. The highest BCUT2D eigenvalue weighted by Crippen LogP contribution is 2.46. The number of aryl methyl sites for hydroxylation is 1. The monoisotopic (exact) mass is 513 g/mol. The van der Waals surface area contributed by atoms with Gasteiger partial charge in [-0.3, -0.25) is 9.69 Å². The zero-order chi connectivity index (χ0) is 25.5. The fourth-order valence-electron chi connectivity index (χ4n) is 4.92. The molecule has 1 fully saturated rings. The van der Waals surface area contributed by atoms with E-state index in [2.05, 4.69) is 27.9 Å². The number of hydrogen-bond acceptors (Lipinski definition) is 6. The molecule has 2 aliphatic rings. The number of carbonyl (C=O) groups is 2. The van der Waals surface area contributed by atoms with Crippen LogP contribution in [0.3, 0.4) is 0 Å². The van der Waals surface area contributed by atoms with E-state index in [1.165, 1.54) is 11.3 Å². The van der Waals surface area contributed by atoms with Crippen molar-refractivity contribution in [1.82, 2.24) is 15.6 Å². The zero-order valence-electron chi connectivity index (χ0n) is 20.6. The van der Waals surface area contributed by atoms with E-state index in [9.17, 15) is 9.59 Å². The maximum Gasteiger partial charge on any atom is 0.331 e. The topological polar surface area (TPSA) is 95.6 Å². The molecule has 0 saturated carbocycles. The van der Waals surface area contributed by atoms with E-state index >= 15 is 0 Å². The molecule has 2 aromatic carbocycles. The Labute approximate surface area is 218 Å². The van der Waals surface area contributed by atoms with Crippen LogP contribution in [0, 0.1) is 6.92 Å². The number of rotatable bonds is 5. The van der Waals surface area contributed by atoms with Gasteiger partial charge in [0.25, 0.3) is 5.91 Å². The first-order chi connectivity index (χ1) is 18.0. The molecule has 0 bridgehead atoms. The van der Waals surface area contributed by atoms with Crippen molar-refractivity contribution in [3.63, 3.8) is 0 Å². The summed E-state index contributed by atoms with van der Waals surface area (Å²) in [5.74, 6) is 1.25. The van der Waals surface area contributed by atoms with Crippen LogP contribution >= 0.6 is 11.3 Å². The number of anilines is 3. The van der Waals surface area contributed by atoms with Crippen LogP contribution in [0.4, 0.5) is 21.9 Å². The molecule has 0 aliphatic carbocycles. The average molecular weight is 514 g/mol. The quantitative estimate of drug-likeness (QED) is 0.306. The SMILES string of the molecule is Cc1cc(Oc2ccccc2)ccc1N1C(=O)Nc2c(C(=O)NC3CC[C@H](C)NC3)sc3nccc1c23. The number of aromatic nitrogens is 1. The molecule has 1 saturated heterocycles. The van der Waals surface area contributed by atoms with Crippen molar-refractivity contribution in [2.45, 2.75) is 38.8 Å². The third kappa shape index (κ3) is 4.41. The maximum absolute atomic E-state index is 13.5. The van der Waals surface area contributed by atoms with Gasteiger partial charge in [-0.25, -0.2) is 9.78 Å². The number of para-hydroxylation sites is 1. The Hall–Kier alpha value is -3.95. The second-order valence-electron chi connectivity index (χ2n) is 9.50. The molecule has 3 amide bonds. The van der Waals surface area contributed by atoms with E-state index < -0.39 is 0 Å². The van der Waals surface area contributed by atoms with E-state index in [-0.39, 0.29) is 18.0 Å². The predicted octanol–water partition coefficient (Wildman–Crippen LogP) is 5.95. The van der Waals surface area contributed by atoms with Crippen molar-refractivity contribution in [1.29, 1.82) is 0 Å². The fraction of sp³-hybridized carbons (Fsp3) is 0.250. The first-order valence-electron chi connectivity index (χ1n) is 12.4. The molecular weight excluding hydrogens is 486 g/mol. The number of benzene rings is 2. The summed E-state index contributed by atoms with van der Waals surface area (Å²) < 4.78 is 5.96. The van der Waals surface area contributed by atoms with E-state index in [1.54, 1.807) is 11.1 Å². The summed E-state index contributed by atoms with van der Waals surface area (Å²) in [7, 11) is 0. The highest BCUT2D eigenvalue weighted by molar-refractivity contribution is 7.21. The Kier molecular flexibility index (Phi) is 6.02. The molecule has 2 aliphatic heterocycles. The highest BCUT2D eigenvalue weighted by atomic mass is 32.1. The Morgan fingerprint density at radius 3 is 2.70 bits per heavy atom. The zero-order valence-corrected chi connectivity index (χ0v) is 21.4. The third-order valence-corrected chi connectivity index (χ3v) is 7.93. The molecule has 0 radical (unpaired) electrons. The van der Waals surface area contributed by atoms with Crippen LogP contribution < -0.4 is 25.6 Å². The second-order valence-corrected chi connectivity index (χ2v) is 10.5. The lowest BCUT2D eigenvalue weighted by molar-refractivity contribution is 0.0932. The Morgan fingerprint density at radius 2 is 1.95 bits per heavy atom. The molecular formula is C28H27N5O3S. The van der Waals surface area contributed by atoms with E-state index in [0.29, 0.717) is 32.9 Å². The van der Waals surface area contributed by atoms with Gasteiger partial charge in [-0.2, -0.15) is 0 Å². The molecule has 188 valence electrons. The summed E-state index contributed by atoms with van der Waals surface area (Å²) in [6.07, 6.45) is 3.61. The standard InChI is InChI=1S/C28H27N5O3S/c1-16-14-20(36-19-6-4-3-5-7-19)10-11-21(16)33-22-12-13-29-27-23(22)24(32-28(33)35)25(37-27)26(34)31-18-9-8-17(2)30-15-18/h3-7,10-14,17-18,30H,8-9,15H2,1-2H3,(H,31,34)(H,32,35)/t17-,18?/m0/s1. The minimum Gasteiger partial charge on any atom is -0.457 e. The van der Waals surface area contributed by atoms with E-state index in [0.717, 1.165) is 41.8 Å². The van der Waals surface area contributed by atoms with Gasteiger partial charge in [-0.05, 0) is 68.7 Å². The van der Waals surface area contributed by atoms with Crippen molar-refractivity contribution < 1.29 is 14.3 Å². The molecule has 4 aromatic rings. The largest absolute Gasteiger partial charge is 0.457 e. The van der Waals surface area contributed by atoms with Crippen LogP contribution in [0.5, 0.6) is 11.5 Å². The van der Waals surface area contributed by atoms with Gasteiger partial charge in [-0.1, -0.05) is 18.2 Å². The lowest BCUT2D eigenvalue weighted by atomic mass is 10.0. The number of carbonyl (C=O) groups excluding carboxylic acids is 2. The number of ether oxygens (including phenoxy) is 1. The first-order valence-corrected chi connectivity index (χ1v) is 13.2. The van der Waals surface area contributed by atoms with Crippen molar-refractivity contribution in [2.24, 2.45) is 0 Å². The molecule has 3 N–H and O–H groups in total. The van der Waals surface area contributed by atoms with Gasteiger partial charge in [0.15, 0.2) is 0 Å². The van der Waals surface area contributed by atoms with Gasteiger partial charge in [0.05, 0.1) is 22.4 Å². The number of urea groups is 1. The number of piperidine rings is 1. The van der Waals surface area contributed by atoms with Crippen molar-refractivity contribution in [3.8, 4) is 11.5 Å². The molecule has 37 heavy (non-hydrogen) atoms. The number of thiophene rings is 1. The van der Waals surface area contributed by atoms with Crippen molar-refractivity contribution in [3.05, 3.63) is 71.2 Å². The van der Waals surface area contributed by atoms with Gasteiger partial charge in [0.2, 0.25) is 0 Å². The average Bonchev–Trinajstić information content (AvgIpc) is 3.27. The second kappa shape index (κ2) is 9.49. The first kappa shape index (κ1) is 23.4. The van der Waals surface area contributed by atoms with E-state index in [1.807, 2.05) is 61.5 Å². The Balaban J connectivity index is 1.32. The smallest absolute Gasteiger partial charge is 0.331 e. The summed E-state index contributed by atoms with van der Waals surface area (Å²) in [5.41, 5.74) is 2.84. The van der Waals surface area contributed by atoms with E-state index in [4.69, 9.17) is 4.74 Å². The van der Waals surface area contributed by atoms with Gasteiger partial charge in [-0.15, -0.1) is 11.3 Å². The van der Waals surface area contributed by atoms with Crippen LogP contribution in [-0.2, 0) is 0 Å². The Morgan fingerprint density at radius 1 is 1.11 bits per heavy atom. The van der Waals surface area contributed by atoms with Gasteiger partial charge >= 0.3 is 6.03 Å². The third-order valence-electron chi connectivity index (χ3n) is 6.84. The van der Waals surface area contributed by atoms with Crippen LogP contribution in [0.15, 0.2) is 60.8 Å². The lowest BCUT2D eigenvalue weighted by Crippen LogP contribution is -2.48. The minimum absolute atomic E-state index is 0.0589. The number of hydrogen-bond donors (Lipinski definition) is 3. The molecule has 8 nitrogen and oxygen atoms in total. The maximum atomic E-state index is 13.5. The predicted molar refractivity (Wildman–Crippen MR) is 146 cm³/mol. The lowest BCUT2D eigenvalue weighted by Gasteiger charge is -2.30. The van der Waals surface area contributed by atoms with Crippen LogP contribution in [0.2, 0.25) is 0 Å². The molecule has 9 heteroatoms. The molecule has 2 aromatic heterocycles. The molecule has 0 spiro atoms. The van der Waals surface area contributed by atoms with Gasteiger partial charge < -0.3 is 20.7 Å². The summed E-state index contributed by atoms with van der Waals surface area (Å²) in [5, 5.41) is 10.3. The summed E-state index contributed by atoms with van der Waals surface area (Å²) in [6.45, 7) is 4.83. The number of pyridine rings is 1. The van der Waals surface area contributed by atoms with Crippen molar-refractivity contribution in [2.75, 3.05) is 16.8 Å².